The van der Waals surface area contributed by atoms with Gasteiger partial charge in [0.05, 0.1) is 17.4 Å². The fraction of sp³-hybridized carbons (Fsp3) is 0. The summed E-state index contributed by atoms with van der Waals surface area (Å²) in [5.74, 6) is 0. The molecule has 6 nitrogen and oxygen atoms in total. The van der Waals surface area contributed by atoms with Gasteiger partial charge in [-0.1, -0.05) is 0 Å². The summed E-state index contributed by atoms with van der Waals surface area (Å²) in [6.07, 6.45) is 0. The summed E-state index contributed by atoms with van der Waals surface area (Å²) in [4.78, 5) is 16.7. The second-order valence-corrected chi connectivity index (χ2v) is 1.22. The number of hydrogen-bond acceptors (Lipinski definition) is 6. The summed E-state index contributed by atoms with van der Waals surface area (Å²) >= 11 is -2.51. The topological polar surface area (TPSA) is 114 Å². The zero-order valence-corrected chi connectivity index (χ0v) is 9.80. The van der Waals surface area contributed by atoms with Gasteiger partial charge in [-0.2, -0.15) is 0 Å². The standard InChI is InChI=1S/2HO2P.2O.U/c2*1-3-2;;;/h2*(H,1,2);;;/q;;;;+2/p-2. The van der Waals surface area contributed by atoms with Crippen LogP contribution in [-0.4, -0.2) is 0 Å². The van der Waals surface area contributed by atoms with Crippen molar-refractivity contribution in [1.82, 2.24) is 0 Å². The van der Waals surface area contributed by atoms with Crippen molar-refractivity contribution in [3.8, 4) is 0 Å². The van der Waals surface area contributed by atoms with E-state index in [-0.39, 0.29) is 0 Å². The van der Waals surface area contributed by atoms with Crippen molar-refractivity contribution in [3.63, 3.8) is 0 Å². The molecule has 0 aliphatic rings. The molecule has 0 aromatic carbocycles. The predicted molar refractivity (Wildman–Crippen MR) is 16.6 cm³/mol. The van der Waals surface area contributed by atoms with E-state index in [1.54, 1.807) is 0 Å². The minimum atomic E-state index is -2.51. The third kappa shape index (κ3) is 675. The van der Waals surface area contributed by atoms with Crippen molar-refractivity contribution in [2.45, 2.75) is 0 Å². The first kappa shape index (κ1) is 16.4. The molecule has 0 heterocycles. The Balaban J connectivity index is -0.0000000600. The van der Waals surface area contributed by atoms with Gasteiger partial charge in [-0.05, 0) is 0 Å². The third-order valence-electron chi connectivity index (χ3n) is 0. The molecule has 0 rings (SSSR count). The van der Waals surface area contributed by atoms with Gasteiger partial charge in [-0.3, -0.25) is 9.13 Å². The van der Waals surface area contributed by atoms with Gasteiger partial charge in [-0.15, -0.1) is 0 Å². The molecule has 0 aromatic rings. The Morgan fingerprint density at radius 2 is 1.00 bits per heavy atom. The molecule has 0 unspecified atom stereocenters. The van der Waals surface area contributed by atoms with Crippen molar-refractivity contribution in [1.29, 1.82) is 0 Å². The molecule has 9 heavy (non-hydrogen) atoms. The van der Waals surface area contributed by atoms with Crippen LogP contribution in [-0.2, 0) is 13.6 Å². The van der Waals surface area contributed by atoms with Crippen LogP contribution in [0.2, 0.25) is 0 Å². The van der Waals surface area contributed by atoms with E-state index in [1.165, 1.54) is 0 Å². The van der Waals surface area contributed by atoms with Gasteiger partial charge >= 0.3 is 32.3 Å². The monoisotopic (exact) mass is 396 g/mol. The molecule has 0 amide bonds. The second-order valence-electron chi connectivity index (χ2n) is 0.232. The fourth-order valence-electron chi connectivity index (χ4n) is 0. The van der Waals surface area contributed by atoms with Crippen molar-refractivity contribution < 1.29 is 51.2 Å². The van der Waals surface area contributed by atoms with Crippen molar-refractivity contribution in [2.24, 2.45) is 0 Å². The Labute approximate surface area is 68.4 Å². The van der Waals surface area contributed by atoms with Crippen molar-refractivity contribution in [2.75, 3.05) is 0 Å². The van der Waals surface area contributed by atoms with E-state index in [0.717, 1.165) is 0 Å². The maximum absolute atomic E-state index is 8.58. The SMILES string of the molecule is O=P[O-].O=P[O-].[O]=[U+2]=[O]. The summed E-state index contributed by atoms with van der Waals surface area (Å²) in [5, 5.41) is 0. The summed E-state index contributed by atoms with van der Waals surface area (Å²) < 4.78 is 33.9. The first-order chi connectivity index (χ1) is 4.24. The molecular formula is O6P2U. The van der Waals surface area contributed by atoms with Crippen LogP contribution in [0, 0.1) is 27.8 Å². The Kier molecular flexibility index (Phi) is 67.8. The second kappa shape index (κ2) is 37.2. The quantitative estimate of drug-likeness (QED) is 0.479. The first-order valence-electron chi connectivity index (χ1n) is 1.14. The van der Waals surface area contributed by atoms with E-state index >= 15 is 0 Å². The van der Waals surface area contributed by atoms with Gasteiger partial charge in [0, 0.05) is 0 Å². The van der Waals surface area contributed by atoms with E-state index < -0.39 is 45.2 Å². The molecule has 0 aliphatic carbocycles. The van der Waals surface area contributed by atoms with Gasteiger partial charge in [0.25, 0.3) is 0 Å². The van der Waals surface area contributed by atoms with Gasteiger partial charge in [-0.25, -0.2) is 0 Å². The van der Waals surface area contributed by atoms with Gasteiger partial charge in [0.1, 0.15) is 0 Å². The molecule has 0 spiro atoms. The van der Waals surface area contributed by atoms with Crippen LogP contribution in [0.25, 0.3) is 0 Å². The van der Waals surface area contributed by atoms with Crippen molar-refractivity contribution in [3.05, 3.63) is 0 Å². The molecule has 50 valence electrons. The molecular weight excluding hydrogens is 396 g/mol. The van der Waals surface area contributed by atoms with Crippen LogP contribution >= 0.6 is 17.4 Å². The Morgan fingerprint density at radius 1 is 1.00 bits per heavy atom. The minimum absolute atomic E-state index is 1.08. The summed E-state index contributed by atoms with van der Waals surface area (Å²) in [5.41, 5.74) is 0. The predicted octanol–water partition coefficient (Wildman–Crippen LogP) is -1.13. The average molecular weight is 396 g/mol. The van der Waals surface area contributed by atoms with Crippen LogP contribution in [0.4, 0.5) is 0 Å². The average Bonchev–Trinajstić information content (AvgIpc) is 1.70. The van der Waals surface area contributed by atoms with E-state index in [0.29, 0.717) is 0 Å². The van der Waals surface area contributed by atoms with Gasteiger partial charge in [0.15, 0.2) is 0 Å². The summed E-state index contributed by atoms with van der Waals surface area (Å²) in [6.45, 7) is 0. The van der Waals surface area contributed by atoms with Crippen LogP contribution < -0.4 is 9.79 Å². The fourth-order valence-corrected chi connectivity index (χ4v) is 0. The van der Waals surface area contributed by atoms with Crippen LogP contribution in [0.1, 0.15) is 0 Å². The van der Waals surface area contributed by atoms with E-state index in [4.69, 9.17) is 23.4 Å². The molecule has 9 heteroatoms. The third-order valence-corrected chi connectivity index (χ3v) is 0. The molecule has 0 saturated heterocycles. The van der Waals surface area contributed by atoms with Crippen LogP contribution in [0.5, 0.6) is 0 Å². The van der Waals surface area contributed by atoms with Crippen molar-refractivity contribution >= 4 is 17.4 Å². The Hall–Kier alpha value is 0.772. The molecule has 0 radical (unpaired) electrons. The molecule has 0 aromatic heterocycles. The summed E-state index contributed by atoms with van der Waals surface area (Å²) in [6, 6.07) is 0. The molecule has 0 fully saturated rings. The normalized spacial score (nSPS) is 5.56. The molecule has 0 atom stereocenters. The maximum atomic E-state index is 8.58. The zero-order valence-electron chi connectivity index (χ0n) is 3.84. The van der Waals surface area contributed by atoms with E-state index in [1.807, 2.05) is 0 Å². The van der Waals surface area contributed by atoms with Gasteiger partial charge in [0.2, 0.25) is 0 Å². The van der Waals surface area contributed by atoms with E-state index in [2.05, 4.69) is 0 Å². The summed E-state index contributed by atoms with van der Waals surface area (Å²) in [7, 11) is -2.17. The molecule has 0 bridgehead atoms. The Bertz CT molecular complexity index is 77.1. The first-order valence-corrected chi connectivity index (χ1v) is 6.00. The molecule has 0 saturated carbocycles. The zero-order chi connectivity index (χ0) is 8.12. The van der Waals surface area contributed by atoms with E-state index in [9.17, 15) is 0 Å². The number of hydrogen-bond donors (Lipinski definition) is 0. The molecule has 0 aliphatic heterocycles. The Morgan fingerprint density at radius 3 is 1.00 bits per heavy atom. The van der Waals surface area contributed by atoms with Crippen LogP contribution in [0.15, 0.2) is 0 Å². The van der Waals surface area contributed by atoms with Crippen LogP contribution in [0.3, 0.4) is 0 Å². The number of rotatable bonds is 0. The van der Waals surface area contributed by atoms with Gasteiger partial charge < -0.3 is 9.79 Å². The molecule has 0 N–H and O–H groups in total.